The van der Waals surface area contributed by atoms with E-state index in [0.717, 1.165) is 17.0 Å². The second-order valence-electron chi connectivity index (χ2n) is 4.67. The Morgan fingerprint density at radius 2 is 1.83 bits per heavy atom. The van der Waals surface area contributed by atoms with Crippen LogP contribution in [0.2, 0.25) is 0 Å². The average molecular weight is 241 g/mol. The molecule has 0 aliphatic carbocycles. The van der Waals surface area contributed by atoms with Gasteiger partial charge >= 0.3 is 0 Å². The highest BCUT2D eigenvalue weighted by atomic mass is 14.9. The normalized spacial score (nSPS) is 12.4. The zero-order chi connectivity index (χ0) is 13.1. The van der Waals surface area contributed by atoms with Gasteiger partial charge in [0.1, 0.15) is 0 Å². The van der Waals surface area contributed by atoms with Crippen LogP contribution in [0.4, 0.5) is 0 Å². The first-order valence-corrected chi connectivity index (χ1v) is 6.15. The van der Waals surface area contributed by atoms with Gasteiger partial charge in [0, 0.05) is 18.1 Å². The third-order valence-electron chi connectivity index (χ3n) is 3.09. The van der Waals surface area contributed by atoms with Crippen molar-refractivity contribution in [3.63, 3.8) is 0 Å². The molecule has 0 spiro atoms. The fraction of sp³-hybridized carbons (Fsp3) is 0.333. The van der Waals surface area contributed by atoms with Crippen molar-refractivity contribution in [2.75, 3.05) is 7.05 Å². The molecule has 2 aromatic heterocycles. The van der Waals surface area contributed by atoms with E-state index >= 15 is 0 Å². The lowest BCUT2D eigenvalue weighted by molar-refractivity contribution is 0.662. The number of nitrogens with zero attached hydrogens (tertiary/aromatic N) is 2. The molecule has 0 bridgehead atoms. The van der Waals surface area contributed by atoms with Gasteiger partial charge in [-0.15, -0.1) is 0 Å². The quantitative estimate of drug-likeness (QED) is 0.897. The molecule has 0 aromatic carbocycles. The van der Waals surface area contributed by atoms with Gasteiger partial charge in [0.15, 0.2) is 0 Å². The molecule has 1 N–H and O–H groups in total. The minimum absolute atomic E-state index is 0.0960. The van der Waals surface area contributed by atoms with Crippen molar-refractivity contribution in [2.24, 2.45) is 0 Å². The summed E-state index contributed by atoms with van der Waals surface area (Å²) in [5.74, 6) is 0. The van der Waals surface area contributed by atoms with Crippen LogP contribution in [-0.2, 0) is 0 Å². The third-order valence-corrected chi connectivity index (χ3v) is 3.09. The van der Waals surface area contributed by atoms with Crippen LogP contribution in [-0.4, -0.2) is 17.0 Å². The summed E-state index contributed by atoms with van der Waals surface area (Å²) < 4.78 is 0. The van der Waals surface area contributed by atoms with Crippen molar-refractivity contribution in [1.82, 2.24) is 15.3 Å². The molecule has 18 heavy (non-hydrogen) atoms. The molecular weight excluding hydrogens is 222 g/mol. The van der Waals surface area contributed by atoms with Crippen molar-refractivity contribution >= 4 is 0 Å². The number of pyridine rings is 2. The second-order valence-corrected chi connectivity index (χ2v) is 4.67. The Bertz CT molecular complexity index is 532. The minimum atomic E-state index is 0.0960. The molecule has 2 heterocycles. The first-order valence-electron chi connectivity index (χ1n) is 6.15. The van der Waals surface area contributed by atoms with Crippen molar-refractivity contribution in [3.8, 4) is 0 Å². The van der Waals surface area contributed by atoms with Crippen LogP contribution in [0.1, 0.15) is 34.1 Å². The molecule has 1 atom stereocenters. The largest absolute Gasteiger partial charge is 0.308 e. The van der Waals surface area contributed by atoms with Gasteiger partial charge in [-0.2, -0.15) is 0 Å². The number of aryl methyl sites for hydroxylation is 3. The summed E-state index contributed by atoms with van der Waals surface area (Å²) in [6.07, 6.45) is 3.83. The van der Waals surface area contributed by atoms with Crippen LogP contribution < -0.4 is 5.32 Å². The highest BCUT2D eigenvalue weighted by Gasteiger charge is 2.15. The van der Waals surface area contributed by atoms with Gasteiger partial charge in [-0.25, -0.2) is 0 Å². The Morgan fingerprint density at radius 1 is 1.06 bits per heavy atom. The van der Waals surface area contributed by atoms with Crippen LogP contribution in [0, 0.1) is 20.8 Å². The highest BCUT2D eigenvalue weighted by Crippen LogP contribution is 2.22. The van der Waals surface area contributed by atoms with E-state index < -0.39 is 0 Å². The Labute approximate surface area is 108 Å². The number of hydrogen-bond donors (Lipinski definition) is 1. The summed E-state index contributed by atoms with van der Waals surface area (Å²) in [7, 11) is 1.95. The topological polar surface area (TPSA) is 37.8 Å². The molecular formula is C15H19N3. The van der Waals surface area contributed by atoms with Crippen molar-refractivity contribution < 1.29 is 0 Å². The SMILES string of the molecule is CNC(c1ccc(C)nc1)c1ncc(C)cc1C. The van der Waals surface area contributed by atoms with E-state index in [4.69, 9.17) is 0 Å². The molecule has 0 aliphatic rings. The van der Waals surface area contributed by atoms with Crippen LogP contribution in [0.5, 0.6) is 0 Å². The summed E-state index contributed by atoms with van der Waals surface area (Å²) in [5.41, 5.74) is 5.63. The number of aromatic nitrogens is 2. The third kappa shape index (κ3) is 2.57. The lowest BCUT2D eigenvalue weighted by Crippen LogP contribution is -2.20. The fourth-order valence-corrected chi connectivity index (χ4v) is 2.14. The second kappa shape index (κ2) is 5.27. The molecule has 94 valence electrons. The van der Waals surface area contributed by atoms with Crippen molar-refractivity contribution in [3.05, 3.63) is 58.7 Å². The van der Waals surface area contributed by atoms with Gasteiger partial charge < -0.3 is 5.32 Å². The lowest BCUT2D eigenvalue weighted by Gasteiger charge is -2.18. The first kappa shape index (κ1) is 12.7. The number of nitrogens with one attached hydrogen (secondary N) is 1. The average Bonchev–Trinajstić information content (AvgIpc) is 2.35. The van der Waals surface area contributed by atoms with E-state index in [1.165, 1.54) is 11.1 Å². The van der Waals surface area contributed by atoms with E-state index in [1.54, 1.807) is 0 Å². The fourth-order valence-electron chi connectivity index (χ4n) is 2.14. The van der Waals surface area contributed by atoms with E-state index in [2.05, 4.69) is 41.3 Å². The smallest absolute Gasteiger partial charge is 0.0766 e. The minimum Gasteiger partial charge on any atom is -0.308 e. The maximum Gasteiger partial charge on any atom is 0.0766 e. The Balaban J connectivity index is 2.41. The zero-order valence-electron chi connectivity index (χ0n) is 11.4. The Morgan fingerprint density at radius 3 is 2.39 bits per heavy atom. The molecule has 0 saturated heterocycles. The number of rotatable bonds is 3. The standard InChI is InChI=1S/C15H19N3/c1-10-7-11(2)14(18-8-10)15(16-4)13-6-5-12(3)17-9-13/h5-9,15-16H,1-4H3. The van der Waals surface area contributed by atoms with Gasteiger partial charge in [-0.05, 0) is 50.6 Å². The number of hydrogen-bond acceptors (Lipinski definition) is 3. The van der Waals surface area contributed by atoms with Crippen LogP contribution in [0.3, 0.4) is 0 Å². The first-order chi connectivity index (χ1) is 8.61. The monoisotopic (exact) mass is 241 g/mol. The van der Waals surface area contributed by atoms with E-state index in [9.17, 15) is 0 Å². The summed E-state index contributed by atoms with van der Waals surface area (Å²) >= 11 is 0. The summed E-state index contributed by atoms with van der Waals surface area (Å²) in [6, 6.07) is 6.39. The van der Waals surface area contributed by atoms with Gasteiger partial charge in [-0.3, -0.25) is 9.97 Å². The summed E-state index contributed by atoms with van der Waals surface area (Å²) in [6.45, 7) is 6.15. The van der Waals surface area contributed by atoms with E-state index in [1.807, 2.05) is 32.4 Å². The van der Waals surface area contributed by atoms with E-state index in [-0.39, 0.29) is 6.04 Å². The highest BCUT2D eigenvalue weighted by molar-refractivity contribution is 5.33. The van der Waals surface area contributed by atoms with Crippen LogP contribution >= 0.6 is 0 Å². The maximum atomic E-state index is 4.56. The molecule has 0 fully saturated rings. The molecule has 1 unspecified atom stereocenters. The van der Waals surface area contributed by atoms with Crippen LogP contribution in [0.15, 0.2) is 30.6 Å². The van der Waals surface area contributed by atoms with Crippen LogP contribution in [0.25, 0.3) is 0 Å². The zero-order valence-corrected chi connectivity index (χ0v) is 11.4. The molecule has 2 rings (SSSR count). The predicted molar refractivity (Wildman–Crippen MR) is 73.6 cm³/mol. The van der Waals surface area contributed by atoms with Crippen molar-refractivity contribution in [1.29, 1.82) is 0 Å². The van der Waals surface area contributed by atoms with E-state index in [0.29, 0.717) is 0 Å². The summed E-state index contributed by atoms with van der Waals surface area (Å²) in [5, 5.41) is 3.31. The molecule has 0 aliphatic heterocycles. The molecule has 3 nitrogen and oxygen atoms in total. The molecule has 0 amide bonds. The molecule has 0 radical (unpaired) electrons. The lowest BCUT2D eigenvalue weighted by atomic mass is 10.0. The van der Waals surface area contributed by atoms with Gasteiger partial charge in [-0.1, -0.05) is 12.1 Å². The predicted octanol–water partition coefficient (Wildman–Crippen LogP) is 2.71. The molecule has 2 aromatic rings. The Hall–Kier alpha value is -1.74. The van der Waals surface area contributed by atoms with Gasteiger partial charge in [0.2, 0.25) is 0 Å². The Kier molecular flexibility index (Phi) is 3.72. The summed E-state index contributed by atoms with van der Waals surface area (Å²) in [4.78, 5) is 8.91. The maximum absolute atomic E-state index is 4.56. The van der Waals surface area contributed by atoms with Crippen molar-refractivity contribution in [2.45, 2.75) is 26.8 Å². The van der Waals surface area contributed by atoms with Gasteiger partial charge in [0.05, 0.1) is 11.7 Å². The molecule has 0 saturated carbocycles. The van der Waals surface area contributed by atoms with Gasteiger partial charge in [0.25, 0.3) is 0 Å². The molecule has 3 heteroatoms.